The predicted octanol–water partition coefficient (Wildman–Crippen LogP) is 2.98. The molecule has 0 saturated heterocycles. The van der Waals surface area contributed by atoms with Gasteiger partial charge in [0.1, 0.15) is 12.1 Å². The monoisotopic (exact) mass is 239 g/mol. The summed E-state index contributed by atoms with van der Waals surface area (Å²) in [5, 5.41) is 3.40. The van der Waals surface area contributed by atoms with Crippen LogP contribution in [0.15, 0.2) is 12.4 Å². The number of thioether (sulfide) groups is 1. The highest BCUT2D eigenvalue weighted by atomic mass is 32.2. The lowest BCUT2D eigenvalue weighted by molar-refractivity contribution is 0.859. The van der Waals surface area contributed by atoms with Gasteiger partial charge in [0.15, 0.2) is 0 Å². The average Bonchev–Trinajstić information content (AvgIpc) is 2.27. The van der Waals surface area contributed by atoms with Gasteiger partial charge in [-0.3, -0.25) is 0 Å². The molecule has 1 unspecified atom stereocenters. The zero-order valence-corrected chi connectivity index (χ0v) is 11.2. The lowest BCUT2D eigenvalue weighted by Crippen LogP contribution is -2.19. The fourth-order valence-corrected chi connectivity index (χ4v) is 2.13. The van der Waals surface area contributed by atoms with Crippen molar-refractivity contribution in [3.63, 3.8) is 0 Å². The van der Waals surface area contributed by atoms with Crippen molar-refractivity contribution in [2.45, 2.75) is 39.7 Å². The molecule has 0 saturated carbocycles. The van der Waals surface area contributed by atoms with E-state index in [1.54, 1.807) is 6.33 Å². The van der Waals surface area contributed by atoms with E-state index in [4.69, 9.17) is 0 Å². The molecule has 0 bridgehead atoms. The van der Waals surface area contributed by atoms with Gasteiger partial charge < -0.3 is 5.32 Å². The van der Waals surface area contributed by atoms with Crippen LogP contribution in [0.1, 0.15) is 32.9 Å². The van der Waals surface area contributed by atoms with Crippen molar-refractivity contribution < 1.29 is 0 Å². The summed E-state index contributed by atoms with van der Waals surface area (Å²) in [6, 6.07) is 2.51. The second-order valence-corrected chi connectivity index (χ2v) is 5.17. The number of hydrogen-bond donors (Lipinski definition) is 1. The van der Waals surface area contributed by atoms with Crippen LogP contribution in [0.5, 0.6) is 0 Å². The molecular formula is C12H21N3S. The molecule has 1 heterocycles. The van der Waals surface area contributed by atoms with E-state index in [0.29, 0.717) is 6.04 Å². The summed E-state index contributed by atoms with van der Waals surface area (Å²) in [4.78, 5) is 8.48. The number of nitrogens with zero attached hydrogens (tertiary/aromatic N) is 2. The fourth-order valence-electron chi connectivity index (χ4n) is 1.46. The summed E-state index contributed by atoms with van der Waals surface area (Å²) < 4.78 is 0. The van der Waals surface area contributed by atoms with Gasteiger partial charge in [-0.25, -0.2) is 9.97 Å². The SMILES string of the molecule is CCCc1cc(NC(C)CSCC)ncn1. The topological polar surface area (TPSA) is 37.8 Å². The quantitative estimate of drug-likeness (QED) is 0.794. The minimum Gasteiger partial charge on any atom is -0.367 e. The third-order valence-corrected chi connectivity index (χ3v) is 3.34. The molecule has 3 nitrogen and oxygen atoms in total. The standard InChI is InChI=1S/C12H21N3S/c1-4-6-11-7-12(14-9-13-11)15-10(3)8-16-5-2/h7,9-10H,4-6,8H2,1-3H3,(H,13,14,15). The Morgan fingerprint density at radius 3 is 2.88 bits per heavy atom. The van der Waals surface area contributed by atoms with Gasteiger partial charge in [0.25, 0.3) is 0 Å². The Balaban J connectivity index is 2.49. The van der Waals surface area contributed by atoms with Crippen molar-refractivity contribution >= 4 is 17.6 Å². The van der Waals surface area contributed by atoms with Gasteiger partial charge in [0.05, 0.1) is 0 Å². The third kappa shape index (κ3) is 4.84. The second-order valence-electron chi connectivity index (χ2n) is 3.85. The molecule has 0 aliphatic carbocycles. The van der Waals surface area contributed by atoms with Gasteiger partial charge in [0, 0.05) is 23.6 Å². The average molecular weight is 239 g/mol. The van der Waals surface area contributed by atoms with Gasteiger partial charge in [-0.2, -0.15) is 11.8 Å². The van der Waals surface area contributed by atoms with E-state index in [9.17, 15) is 0 Å². The highest BCUT2D eigenvalue weighted by Gasteiger charge is 2.03. The van der Waals surface area contributed by atoms with Crippen molar-refractivity contribution in [1.29, 1.82) is 0 Å². The molecule has 0 radical (unpaired) electrons. The predicted molar refractivity (Wildman–Crippen MR) is 72.1 cm³/mol. The molecule has 16 heavy (non-hydrogen) atoms. The molecule has 1 atom stereocenters. The number of aromatic nitrogens is 2. The van der Waals surface area contributed by atoms with Crippen LogP contribution in [0, 0.1) is 0 Å². The third-order valence-electron chi connectivity index (χ3n) is 2.20. The molecule has 4 heteroatoms. The number of aryl methyl sites for hydroxylation is 1. The van der Waals surface area contributed by atoms with Crippen LogP contribution in [0.4, 0.5) is 5.82 Å². The van der Waals surface area contributed by atoms with E-state index >= 15 is 0 Å². The van der Waals surface area contributed by atoms with Crippen molar-refractivity contribution in [2.24, 2.45) is 0 Å². The maximum absolute atomic E-state index is 4.24. The normalized spacial score (nSPS) is 12.4. The second kappa shape index (κ2) is 7.49. The van der Waals surface area contributed by atoms with Gasteiger partial charge in [-0.15, -0.1) is 0 Å². The largest absolute Gasteiger partial charge is 0.367 e. The molecule has 90 valence electrons. The Hall–Kier alpha value is -0.770. The summed E-state index contributed by atoms with van der Waals surface area (Å²) in [5.74, 6) is 3.23. The van der Waals surface area contributed by atoms with E-state index in [-0.39, 0.29) is 0 Å². The van der Waals surface area contributed by atoms with Gasteiger partial charge in [-0.05, 0) is 19.1 Å². The Labute approximate surface area is 102 Å². The Kier molecular flexibility index (Phi) is 6.23. The van der Waals surface area contributed by atoms with Crippen LogP contribution in [0.3, 0.4) is 0 Å². The highest BCUT2D eigenvalue weighted by Crippen LogP contribution is 2.10. The van der Waals surface area contributed by atoms with Crippen LogP contribution >= 0.6 is 11.8 Å². The Morgan fingerprint density at radius 2 is 2.19 bits per heavy atom. The zero-order chi connectivity index (χ0) is 11.8. The highest BCUT2D eigenvalue weighted by molar-refractivity contribution is 7.99. The Morgan fingerprint density at radius 1 is 1.38 bits per heavy atom. The summed E-state index contributed by atoms with van der Waals surface area (Å²) in [6.07, 6.45) is 3.79. The molecule has 1 N–H and O–H groups in total. The molecule has 0 spiro atoms. The van der Waals surface area contributed by atoms with Crippen molar-refractivity contribution in [3.8, 4) is 0 Å². The summed E-state index contributed by atoms with van der Waals surface area (Å²) in [6.45, 7) is 6.53. The lowest BCUT2D eigenvalue weighted by Gasteiger charge is -2.13. The van der Waals surface area contributed by atoms with E-state index in [0.717, 1.165) is 35.9 Å². The van der Waals surface area contributed by atoms with Crippen LogP contribution < -0.4 is 5.32 Å². The minimum absolute atomic E-state index is 0.453. The minimum atomic E-state index is 0.453. The first kappa shape index (κ1) is 13.3. The molecule has 1 aromatic heterocycles. The van der Waals surface area contributed by atoms with Crippen molar-refractivity contribution in [3.05, 3.63) is 18.1 Å². The zero-order valence-electron chi connectivity index (χ0n) is 10.4. The van der Waals surface area contributed by atoms with E-state index in [2.05, 4.69) is 42.1 Å². The van der Waals surface area contributed by atoms with Crippen LogP contribution in [0.2, 0.25) is 0 Å². The van der Waals surface area contributed by atoms with E-state index < -0.39 is 0 Å². The first-order valence-electron chi connectivity index (χ1n) is 5.91. The fraction of sp³-hybridized carbons (Fsp3) is 0.667. The number of rotatable bonds is 7. The summed E-state index contributed by atoms with van der Waals surface area (Å²) in [5.41, 5.74) is 1.12. The Bertz CT molecular complexity index is 304. The van der Waals surface area contributed by atoms with E-state index in [1.807, 2.05) is 11.8 Å². The van der Waals surface area contributed by atoms with Crippen molar-refractivity contribution in [1.82, 2.24) is 9.97 Å². The number of nitrogens with one attached hydrogen (secondary N) is 1. The molecule has 0 fully saturated rings. The summed E-state index contributed by atoms with van der Waals surface area (Å²) >= 11 is 1.94. The molecule has 0 aromatic carbocycles. The first-order valence-corrected chi connectivity index (χ1v) is 7.07. The van der Waals surface area contributed by atoms with Crippen molar-refractivity contribution in [2.75, 3.05) is 16.8 Å². The van der Waals surface area contributed by atoms with E-state index in [1.165, 1.54) is 0 Å². The molecular weight excluding hydrogens is 218 g/mol. The smallest absolute Gasteiger partial charge is 0.129 e. The molecule has 1 rings (SSSR count). The van der Waals surface area contributed by atoms with Crippen LogP contribution in [-0.2, 0) is 6.42 Å². The van der Waals surface area contributed by atoms with Gasteiger partial charge >= 0.3 is 0 Å². The number of hydrogen-bond acceptors (Lipinski definition) is 4. The van der Waals surface area contributed by atoms with Gasteiger partial charge in [0.2, 0.25) is 0 Å². The molecule has 0 aliphatic heterocycles. The first-order chi connectivity index (χ1) is 7.76. The lowest BCUT2D eigenvalue weighted by atomic mass is 10.2. The van der Waals surface area contributed by atoms with Crippen LogP contribution in [-0.4, -0.2) is 27.5 Å². The molecule has 0 amide bonds. The number of anilines is 1. The van der Waals surface area contributed by atoms with Gasteiger partial charge in [-0.1, -0.05) is 20.3 Å². The molecule has 0 aliphatic rings. The maximum atomic E-state index is 4.24. The summed E-state index contributed by atoms with van der Waals surface area (Å²) in [7, 11) is 0. The molecule has 1 aromatic rings. The van der Waals surface area contributed by atoms with Crippen LogP contribution in [0.25, 0.3) is 0 Å². The maximum Gasteiger partial charge on any atom is 0.129 e.